The molecule has 0 atom stereocenters. The predicted molar refractivity (Wildman–Crippen MR) is 258 cm³/mol. The molecule has 0 saturated carbocycles. The number of methoxy groups -OCH3 is 4. The molecule has 5 aliphatic rings. The van der Waals surface area contributed by atoms with Crippen LogP contribution in [-0.4, -0.2) is 35.7 Å². The molecule has 4 bridgehead atoms. The summed E-state index contributed by atoms with van der Waals surface area (Å²) in [5.74, 6) is 3.49. The largest absolute Gasteiger partial charge is 0.673 e. The van der Waals surface area contributed by atoms with Crippen LogP contribution in [0.4, 0.5) is 17.3 Å². The van der Waals surface area contributed by atoms with Gasteiger partial charge in [-0.15, -0.1) is 0 Å². The SMILES string of the molecule is C1=CCCC=CCC1.COc1ccc(P(c2ccc(OC)cc2)c2cc3ccc2CCc2ccc(c(P(c4ccc(OC)cc4)c4ccc(OC)cc4)c2)CC3)cc1.F[B-](F)(F)F.[Rh]. The first kappa shape index (κ1) is 50.3. The van der Waals surface area contributed by atoms with Crippen LogP contribution in [0.3, 0.4) is 0 Å². The summed E-state index contributed by atoms with van der Waals surface area (Å²) < 4.78 is 61.1. The van der Waals surface area contributed by atoms with Crippen molar-refractivity contribution in [1.82, 2.24) is 0 Å². The van der Waals surface area contributed by atoms with E-state index in [1.54, 1.807) is 28.4 Å². The molecule has 0 spiro atoms. The molecule has 0 aliphatic heterocycles. The van der Waals surface area contributed by atoms with Crippen LogP contribution in [-0.2, 0) is 45.2 Å². The molecule has 0 heterocycles. The maximum Gasteiger partial charge on any atom is 0.673 e. The number of hydrogen-bond donors (Lipinski definition) is 0. The first-order chi connectivity index (χ1) is 30.6. The van der Waals surface area contributed by atoms with Crippen molar-refractivity contribution in [2.75, 3.05) is 28.4 Å². The summed E-state index contributed by atoms with van der Waals surface area (Å²) in [4.78, 5) is 0. The zero-order valence-electron chi connectivity index (χ0n) is 36.6. The number of hydrogen-bond acceptors (Lipinski definition) is 4. The van der Waals surface area contributed by atoms with E-state index in [2.05, 4.69) is 158 Å². The van der Waals surface area contributed by atoms with Gasteiger partial charge in [0.1, 0.15) is 23.0 Å². The molecular weight excluding hydrogens is 940 g/mol. The second kappa shape index (κ2) is 25.1. The summed E-state index contributed by atoms with van der Waals surface area (Å²) in [6.45, 7) is 0. The van der Waals surface area contributed by atoms with Gasteiger partial charge in [0.05, 0.1) is 28.4 Å². The fraction of sp³-hybridized carbons (Fsp3) is 0.231. The Morgan fingerprint density at radius 2 is 0.625 bits per heavy atom. The third-order valence-corrected chi connectivity index (χ3v) is 15.9. The Hall–Kier alpha value is -4.73. The maximum absolute atomic E-state index is 9.75. The molecule has 0 fully saturated rings. The topological polar surface area (TPSA) is 36.9 Å². The second-order valence-corrected chi connectivity index (χ2v) is 19.4. The normalized spacial score (nSPS) is 13.2. The first-order valence-electron chi connectivity index (χ1n) is 21.1. The van der Waals surface area contributed by atoms with Gasteiger partial charge in [0.15, 0.2) is 0 Å². The van der Waals surface area contributed by atoms with Gasteiger partial charge in [-0.3, -0.25) is 0 Å². The van der Waals surface area contributed by atoms with Gasteiger partial charge in [-0.1, -0.05) is 109 Å². The van der Waals surface area contributed by atoms with Crippen molar-refractivity contribution in [2.24, 2.45) is 0 Å². The van der Waals surface area contributed by atoms with E-state index in [1.807, 2.05) is 0 Å². The van der Waals surface area contributed by atoms with Gasteiger partial charge in [0.25, 0.3) is 0 Å². The fourth-order valence-corrected chi connectivity index (χ4v) is 12.6. The van der Waals surface area contributed by atoms with E-state index in [1.165, 1.54) is 79.8 Å². The van der Waals surface area contributed by atoms with E-state index in [0.717, 1.165) is 48.7 Å². The molecule has 0 unspecified atom stereocenters. The average Bonchev–Trinajstić information content (AvgIpc) is 3.28. The molecule has 64 heavy (non-hydrogen) atoms. The zero-order valence-corrected chi connectivity index (χ0v) is 40.0. The number of aryl methyl sites for hydroxylation is 4. The van der Waals surface area contributed by atoms with Crippen LogP contribution in [0.15, 0.2) is 158 Å². The van der Waals surface area contributed by atoms with E-state index in [9.17, 15) is 17.3 Å². The maximum atomic E-state index is 9.75. The van der Waals surface area contributed by atoms with Crippen molar-refractivity contribution in [1.29, 1.82) is 0 Å². The van der Waals surface area contributed by atoms with Crippen molar-refractivity contribution in [3.05, 3.63) is 180 Å². The summed E-state index contributed by atoms with van der Waals surface area (Å²) in [5.41, 5.74) is 5.55. The molecule has 1 radical (unpaired) electrons. The van der Waals surface area contributed by atoms with Crippen molar-refractivity contribution < 1.29 is 55.7 Å². The first-order valence-corrected chi connectivity index (χ1v) is 23.8. The van der Waals surface area contributed by atoms with Crippen LogP contribution in [0.25, 0.3) is 0 Å². The van der Waals surface area contributed by atoms with Crippen LogP contribution >= 0.6 is 15.8 Å². The number of rotatable bonds is 10. The van der Waals surface area contributed by atoms with Crippen molar-refractivity contribution in [3.8, 4) is 23.0 Å². The van der Waals surface area contributed by atoms with Crippen LogP contribution in [0.5, 0.6) is 23.0 Å². The Morgan fingerprint density at radius 3 is 0.859 bits per heavy atom. The minimum atomic E-state index is -6.00. The Labute approximate surface area is 391 Å². The van der Waals surface area contributed by atoms with Gasteiger partial charge in [0.2, 0.25) is 0 Å². The average molecular weight is 995 g/mol. The van der Waals surface area contributed by atoms with Crippen molar-refractivity contribution >= 4 is 54.9 Å². The quantitative estimate of drug-likeness (QED) is 0.0593. The van der Waals surface area contributed by atoms with Gasteiger partial charge >= 0.3 is 7.25 Å². The van der Waals surface area contributed by atoms with Gasteiger partial charge in [-0.05, 0) is 170 Å². The Bertz CT molecular complexity index is 2130. The summed E-state index contributed by atoms with van der Waals surface area (Å²) >= 11 is 0. The van der Waals surface area contributed by atoms with Gasteiger partial charge in [-0.25, -0.2) is 0 Å². The Morgan fingerprint density at radius 1 is 0.375 bits per heavy atom. The molecule has 0 aromatic heterocycles. The van der Waals surface area contributed by atoms with E-state index in [4.69, 9.17) is 18.9 Å². The zero-order chi connectivity index (χ0) is 44.6. The van der Waals surface area contributed by atoms with E-state index in [-0.39, 0.29) is 19.5 Å². The molecule has 6 aromatic rings. The van der Waals surface area contributed by atoms with Gasteiger partial charge in [-0.2, -0.15) is 0 Å². The number of allylic oxidation sites excluding steroid dienone is 4. The van der Waals surface area contributed by atoms with Crippen LogP contribution in [0.2, 0.25) is 0 Å². The molecule has 11 rings (SSSR count). The molecular formula is C52H54BF4O4P2Rh-. The molecule has 337 valence electrons. The van der Waals surface area contributed by atoms with E-state index in [0.29, 0.717) is 0 Å². The standard InChI is InChI=1S/C44H42O4P2.C8H12.BF4.Rh/c1-45-35-13-21-39(22-14-35)49(40-23-15-36(46-2)16-24-40)43-29-31-5-9-33(43)11-7-32-6-10-34(12-8-31)44(30-32)50(41-25-17-37(47-3)18-26-41)42-27-19-38(48-4)20-28-42;1-2-4-6-8-7-5-3-1;2-1(3,4)5;/h5-6,9-10,13-30H,7-8,11-12H2,1-4H3;1-2,7-8H,3-6H2;;/q;;-1;. The molecule has 6 aromatic carbocycles. The Balaban J connectivity index is 0.000000477. The molecule has 4 nitrogen and oxygen atoms in total. The van der Waals surface area contributed by atoms with E-state index < -0.39 is 23.1 Å². The smallest absolute Gasteiger partial charge is 0.497 e. The van der Waals surface area contributed by atoms with Crippen molar-refractivity contribution in [3.63, 3.8) is 0 Å². The number of benzene rings is 6. The third kappa shape index (κ3) is 14.6. The van der Waals surface area contributed by atoms with Crippen molar-refractivity contribution in [2.45, 2.75) is 51.4 Å². The molecule has 0 N–H and O–H groups in total. The fourth-order valence-electron chi connectivity index (χ4n) is 7.56. The predicted octanol–water partition coefficient (Wildman–Crippen LogP) is 11.1. The molecule has 0 saturated heterocycles. The van der Waals surface area contributed by atoms with Crippen LogP contribution in [0.1, 0.15) is 47.9 Å². The Kier molecular flexibility index (Phi) is 19.7. The monoisotopic (exact) mass is 994 g/mol. The number of halogens is 4. The molecule has 12 heteroatoms. The summed E-state index contributed by atoms with van der Waals surface area (Å²) in [5, 5.41) is 8.11. The van der Waals surface area contributed by atoms with Crippen LogP contribution < -0.4 is 50.8 Å². The molecule has 0 amide bonds. The van der Waals surface area contributed by atoms with E-state index >= 15 is 0 Å². The summed E-state index contributed by atoms with van der Waals surface area (Å²) in [6.07, 6.45) is 17.8. The second-order valence-electron chi connectivity index (χ2n) is 15.0. The third-order valence-electron chi connectivity index (χ3n) is 10.8. The minimum absolute atomic E-state index is 0. The minimum Gasteiger partial charge on any atom is -0.497 e. The number of ether oxygens (including phenoxy) is 4. The summed E-state index contributed by atoms with van der Waals surface area (Å²) in [6, 6.07) is 49.1. The van der Waals surface area contributed by atoms with Gasteiger partial charge in [0, 0.05) is 19.5 Å². The van der Waals surface area contributed by atoms with Crippen LogP contribution in [0, 0.1) is 0 Å². The van der Waals surface area contributed by atoms with Gasteiger partial charge < -0.3 is 36.2 Å². The summed E-state index contributed by atoms with van der Waals surface area (Å²) in [7, 11) is -0.713. The molecule has 5 aliphatic carbocycles.